The van der Waals surface area contributed by atoms with Gasteiger partial charge in [0.05, 0.1) is 0 Å². The van der Waals surface area contributed by atoms with Crippen molar-refractivity contribution in [1.29, 1.82) is 0 Å². The normalized spacial score (nSPS) is 8.83. The topological polar surface area (TPSA) is 12.9 Å². The molecule has 1 rings (SSSR count). The van der Waals surface area contributed by atoms with Crippen LogP contribution in [0.15, 0.2) is 12.3 Å². The maximum atomic E-state index is 5.14. The van der Waals surface area contributed by atoms with E-state index in [0.717, 1.165) is 5.56 Å². The molecule has 0 aliphatic heterocycles. The van der Waals surface area contributed by atoms with Crippen LogP contribution in [0.3, 0.4) is 0 Å². The quantitative estimate of drug-likeness (QED) is 0.534. The summed E-state index contributed by atoms with van der Waals surface area (Å²) in [5, 5.41) is 0. The molecule has 0 aliphatic carbocycles. The van der Waals surface area contributed by atoms with Crippen LogP contribution in [0.5, 0.6) is 0 Å². The van der Waals surface area contributed by atoms with Crippen molar-refractivity contribution in [2.75, 3.05) is 0 Å². The van der Waals surface area contributed by atoms with Gasteiger partial charge in [0.2, 0.25) is 0 Å². The second-order valence-corrected chi connectivity index (χ2v) is 2.69. The molecule has 1 aromatic rings. The zero-order chi connectivity index (χ0) is 8.27. The van der Waals surface area contributed by atoms with Crippen molar-refractivity contribution in [3.8, 4) is 12.3 Å². The Labute approximate surface area is 98.9 Å². The number of terminal acetylenes is 1. The van der Waals surface area contributed by atoms with Crippen LogP contribution in [0, 0.1) is 18.4 Å². The van der Waals surface area contributed by atoms with E-state index in [1.807, 2.05) is 0 Å². The van der Waals surface area contributed by atoms with Crippen molar-refractivity contribution in [2.24, 2.45) is 0 Å². The molecule has 1 nitrogen and oxygen atoms in total. The second-order valence-electron chi connectivity index (χ2n) is 2.69. The third-order valence-corrected chi connectivity index (χ3v) is 1.49. The molecule has 59 valence electrons. The Morgan fingerprint density at radius 3 is 2.58 bits per heavy atom. The van der Waals surface area contributed by atoms with Crippen LogP contribution in [-0.4, -0.2) is 4.98 Å². The molecule has 0 aromatic carbocycles. The molecule has 1 heterocycles. The Morgan fingerprint density at radius 2 is 2.25 bits per heavy atom. The van der Waals surface area contributed by atoms with E-state index in [-0.39, 0.29) is 32.7 Å². The van der Waals surface area contributed by atoms with E-state index in [4.69, 9.17) is 6.42 Å². The van der Waals surface area contributed by atoms with Gasteiger partial charge in [-0.1, -0.05) is 20.0 Å². The molecule has 2 heteroatoms. The molecule has 0 amide bonds. The maximum Gasteiger partial charge on any atom is 0 e. The molecule has 0 unspecified atom stereocenters. The third-order valence-electron chi connectivity index (χ3n) is 1.49. The van der Waals surface area contributed by atoms with E-state index < -0.39 is 0 Å². The van der Waals surface area contributed by atoms with Gasteiger partial charge in [0.1, 0.15) is 0 Å². The average molecular weight is 233 g/mol. The van der Waals surface area contributed by atoms with Crippen LogP contribution >= 0.6 is 0 Å². The largest absolute Gasteiger partial charge is 0.375 e. The van der Waals surface area contributed by atoms with Crippen LogP contribution in [0.4, 0.5) is 0 Å². The monoisotopic (exact) mass is 233 g/mol. The summed E-state index contributed by atoms with van der Waals surface area (Å²) in [6.45, 7) is 4.20. The van der Waals surface area contributed by atoms with E-state index in [1.165, 1.54) is 0 Å². The minimum atomic E-state index is 0. The van der Waals surface area contributed by atoms with Crippen molar-refractivity contribution in [3.05, 3.63) is 29.6 Å². The number of nitrogens with zero attached hydrogens (tertiary/aromatic N) is 1. The Bertz CT molecular complexity index is 269. The predicted octanol–water partition coefficient (Wildman–Crippen LogP) is 1.98. The molecule has 0 bridgehead atoms. The molecule has 1 radical (unpaired) electrons. The Balaban J connectivity index is 0.00000121. The van der Waals surface area contributed by atoms with Gasteiger partial charge in [0.25, 0.3) is 0 Å². The Morgan fingerprint density at radius 1 is 1.58 bits per heavy atom. The van der Waals surface area contributed by atoms with Gasteiger partial charge < -0.3 is 4.98 Å². The number of pyridine rings is 1. The summed E-state index contributed by atoms with van der Waals surface area (Å²) in [5.41, 5.74) is 1.75. The van der Waals surface area contributed by atoms with Gasteiger partial charge in [0, 0.05) is 32.7 Å². The molecule has 0 N–H and O–H groups in total. The van der Waals surface area contributed by atoms with E-state index in [1.54, 1.807) is 12.3 Å². The van der Waals surface area contributed by atoms with Crippen LogP contribution in [0.1, 0.15) is 31.0 Å². The number of rotatable bonds is 1. The van der Waals surface area contributed by atoms with Crippen molar-refractivity contribution < 1.29 is 32.7 Å². The van der Waals surface area contributed by atoms with Gasteiger partial charge >= 0.3 is 0 Å². The molecule has 0 fully saturated rings. The van der Waals surface area contributed by atoms with Gasteiger partial charge in [-0.3, -0.25) is 0 Å². The van der Waals surface area contributed by atoms with Gasteiger partial charge in [0.15, 0.2) is 0 Å². The van der Waals surface area contributed by atoms with Gasteiger partial charge in [-0.05, 0) is 11.6 Å². The predicted molar refractivity (Wildman–Crippen MR) is 45.1 cm³/mol. The Kier molecular flexibility index (Phi) is 5.37. The summed E-state index contributed by atoms with van der Waals surface area (Å²) < 4.78 is 0. The van der Waals surface area contributed by atoms with Gasteiger partial charge in [-0.2, -0.15) is 6.07 Å². The van der Waals surface area contributed by atoms with Crippen LogP contribution in [0.2, 0.25) is 0 Å². The maximum absolute atomic E-state index is 5.14. The summed E-state index contributed by atoms with van der Waals surface area (Å²) in [6, 6.07) is 4.83. The van der Waals surface area contributed by atoms with E-state index in [2.05, 4.69) is 30.8 Å². The second kappa shape index (κ2) is 5.46. The van der Waals surface area contributed by atoms with Crippen molar-refractivity contribution >= 4 is 0 Å². The molecule has 0 saturated carbocycles. The molecular weight excluding hydrogens is 223 g/mol. The van der Waals surface area contributed by atoms with Crippen LogP contribution in [-0.2, 0) is 32.7 Å². The first kappa shape index (κ1) is 11.8. The summed E-state index contributed by atoms with van der Waals surface area (Å²) >= 11 is 0. The Hall–Kier alpha value is -0.186. The molecule has 12 heavy (non-hydrogen) atoms. The van der Waals surface area contributed by atoms with Crippen LogP contribution in [0.25, 0.3) is 0 Å². The van der Waals surface area contributed by atoms with Crippen LogP contribution < -0.4 is 0 Å². The van der Waals surface area contributed by atoms with Crippen molar-refractivity contribution in [2.45, 2.75) is 19.8 Å². The van der Waals surface area contributed by atoms with Gasteiger partial charge in [-0.15, -0.1) is 24.0 Å². The molecule has 0 saturated heterocycles. The van der Waals surface area contributed by atoms with Crippen molar-refractivity contribution in [1.82, 2.24) is 4.98 Å². The first-order valence-electron chi connectivity index (χ1n) is 3.58. The SMILES string of the molecule is C#Cc1c[c-]c(C(C)C)cn1.[Y]. The summed E-state index contributed by atoms with van der Waals surface area (Å²) in [6.07, 6.45) is 6.92. The molecule has 0 aliphatic rings. The fraction of sp³-hybridized carbons (Fsp3) is 0.300. The number of hydrogen-bond acceptors (Lipinski definition) is 1. The first-order chi connectivity index (χ1) is 5.24. The average Bonchev–Trinajstić information content (AvgIpc) is 2.05. The fourth-order valence-corrected chi connectivity index (χ4v) is 0.760. The molecular formula is C10H10NY-. The minimum Gasteiger partial charge on any atom is -0.375 e. The standard InChI is InChI=1S/C10H10N.Y/c1-4-10-6-5-9(7-11-10)8(2)3;/h1,6-8H,2-3H3;/q-1;. The molecule has 1 aromatic heterocycles. The zero-order valence-corrected chi connectivity index (χ0v) is 10.2. The van der Waals surface area contributed by atoms with Gasteiger partial charge in [-0.25, -0.2) is 0 Å². The number of aromatic nitrogens is 1. The summed E-state index contributed by atoms with van der Waals surface area (Å²) in [5.74, 6) is 2.92. The molecule has 0 atom stereocenters. The zero-order valence-electron chi connectivity index (χ0n) is 7.33. The molecule has 0 spiro atoms. The van der Waals surface area contributed by atoms with E-state index >= 15 is 0 Å². The summed E-state index contributed by atoms with van der Waals surface area (Å²) in [4.78, 5) is 4.05. The third kappa shape index (κ3) is 3.05. The van der Waals surface area contributed by atoms with Crippen molar-refractivity contribution in [3.63, 3.8) is 0 Å². The smallest absolute Gasteiger partial charge is 0 e. The fourth-order valence-electron chi connectivity index (χ4n) is 0.760. The minimum absolute atomic E-state index is 0. The number of hydrogen-bond donors (Lipinski definition) is 0. The summed E-state index contributed by atoms with van der Waals surface area (Å²) in [7, 11) is 0. The first-order valence-corrected chi connectivity index (χ1v) is 3.58. The van der Waals surface area contributed by atoms with E-state index in [0.29, 0.717) is 11.6 Å². The van der Waals surface area contributed by atoms with E-state index in [9.17, 15) is 0 Å².